The van der Waals surface area contributed by atoms with Gasteiger partial charge in [0.1, 0.15) is 23.0 Å². The van der Waals surface area contributed by atoms with Gasteiger partial charge in [0, 0.05) is 41.6 Å². The van der Waals surface area contributed by atoms with Gasteiger partial charge in [0.25, 0.3) is 0 Å². The number of pyridine rings is 2. The van der Waals surface area contributed by atoms with Crippen LogP contribution in [0.2, 0.25) is 0 Å². The van der Waals surface area contributed by atoms with Crippen molar-refractivity contribution in [3.63, 3.8) is 0 Å². The first-order chi connectivity index (χ1) is 17.4. The molecule has 2 rings (SSSR count). The quantitative estimate of drug-likeness (QED) is 0.241. The topological polar surface area (TPSA) is 53.1 Å². The van der Waals surface area contributed by atoms with Crippen LogP contribution in [0, 0.1) is 12.7 Å². The number of hydrogen-bond donors (Lipinski definition) is 2. The summed E-state index contributed by atoms with van der Waals surface area (Å²) >= 11 is 0. The van der Waals surface area contributed by atoms with Crippen LogP contribution in [0.15, 0.2) is 73.2 Å². The van der Waals surface area contributed by atoms with Gasteiger partial charge in [-0.15, -0.1) is 0 Å². The second-order valence-corrected chi connectivity index (χ2v) is 9.75. The highest BCUT2D eigenvalue weighted by atomic mass is 19.1. The van der Waals surface area contributed by atoms with E-state index in [1.54, 1.807) is 25.3 Å². The number of aryl methyl sites for hydroxylation is 1. The van der Waals surface area contributed by atoms with Crippen LogP contribution in [0.1, 0.15) is 58.3 Å². The molecular weight excluding hydrogens is 468 g/mol. The van der Waals surface area contributed by atoms with Crippen molar-refractivity contribution >= 4 is 17.1 Å². The predicted octanol–water partition coefficient (Wildman–Crippen LogP) is 7.68. The van der Waals surface area contributed by atoms with E-state index in [-0.39, 0.29) is 5.69 Å². The van der Waals surface area contributed by atoms with E-state index >= 15 is 0 Å². The van der Waals surface area contributed by atoms with Crippen molar-refractivity contribution in [3.8, 4) is 0 Å². The summed E-state index contributed by atoms with van der Waals surface area (Å²) in [5.41, 5.74) is 2.80. The molecule has 0 unspecified atom stereocenters. The molecule has 0 aliphatic carbocycles. The van der Waals surface area contributed by atoms with Gasteiger partial charge in [0.15, 0.2) is 0 Å². The van der Waals surface area contributed by atoms with Crippen LogP contribution in [-0.2, 0) is 0 Å². The fourth-order valence-corrected chi connectivity index (χ4v) is 3.63. The first kappa shape index (κ1) is 29.9. The molecule has 0 saturated carbocycles. The number of alkyl halides is 1. The number of rotatable bonds is 15. The molecule has 2 heterocycles. The lowest BCUT2D eigenvalue weighted by Crippen LogP contribution is -2.24. The summed E-state index contributed by atoms with van der Waals surface area (Å²) in [5.74, 6) is 0.190. The second-order valence-electron chi connectivity index (χ2n) is 9.75. The maximum atomic E-state index is 14.5. The van der Waals surface area contributed by atoms with E-state index in [9.17, 15) is 8.78 Å². The fourth-order valence-electron chi connectivity index (χ4n) is 3.63. The Balaban J connectivity index is 2.25. The van der Waals surface area contributed by atoms with E-state index < -0.39 is 11.5 Å². The Bertz CT molecular complexity index is 1130. The smallest absolute Gasteiger partial charge is 0.149 e. The zero-order chi connectivity index (χ0) is 27.6. The van der Waals surface area contributed by atoms with Crippen molar-refractivity contribution in [1.82, 2.24) is 14.9 Å². The molecule has 0 fully saturated rings. The summed E-state index contributed by atoms with van der Waals surface area (Å²) in [6.45, 7) is 24.4. The van der Waals surface area contributed by atoms with Crippen molar-refractivity contribution in [3.05, 3.63) is 90.4 Å². The molecule has 200 valence electrons. The van der Waals surface area contributed by atoms with Crippen LogP contribution >= 0.6 is 0 Å². The minimum atomic E-state index is -1.34. The third-order valence-corrected chi connectivity index (χ3v) is 5.98. The minimum Gasteiger partial charge on any atom is -0.355 e. The highest BCUT2D eigenvalue weighted by molar-refractivity contribution is 5.73. The summed E-state index contributed by atoms with van der Waals surface area (Å²) < 4.78 is 28.7. The van der Waals surface area contributed by atoms with Crippen molar-refractivity contribution in [2.24, 2.45) is 0 Å². The van der Waals surface area contributed by atoms with Crippen molar-refractivity contribution < 1.29 is 8.78 Å². The number of aromatic nitrogens is 2. The second kappa shape index (κ2) is 13.8. The number of anilines is 2. The fraction of sp³-hybridized carbons (Fsp3) is 0.400. The van der Waals surface area contributed by atoms with E-state index in [4.69, 9.17) is 0 Å². The Hall–Kier alpha value is -3.32. The van der Waals surface area contributed by atoms with Gasteiger partial charge in [0.05, 0.1) is 0 Å². The lowest BCUT2D eigenvalue weighted by Gasteiger charge is -2.20. The van der Waals surface area contributed by atoms with Crippen LogP contribution in [0.5, 0.6) is 0 Å². The van der Waals surface area contributed by atoms with Crippen molar-refractivity contribution in [2.45, 2.75) is 59.5 Å². The van der Waals surface area contributed by atoms with E-state index in [1.807, 2.05) is 12.1 Å². The highest BCUT2D eigenvalue weighted by Gasteiger charge is 2.17. The molecule has 0 spiro atoms. The van der Waals surface area contributed by atoms with Gasteiger partial charge in [-0.05, 0) is 88.5 Å². The van der Waals surface area contributed by atoms with Gasteiger partial charge in [-0.3, -0.25) is 4.98 Å². The zero-order valence-corrected chi connectivity index (χ0v) is 22.9. The summed E-state index contributed by atoms with van der Waals surface area (Å²) in [5, 5.41) is 6.61. The van der Waals surface area contributed by atoms with Gasteiger partial charge in [-0.2, -0.15) is 0 Å². The summed E-state index contributed by atoms with van der Waals surface area (Å²) in [6.07, 6.45) is 4.90. The van der Waals surface area contributed by atoms with Crippen LogP contribution in [0.4, 0.5) is 20.3 Å². The monoisotopic (exact) mass is 509 g/mol. The molecule has 0 atom stereocenters. The third-order valence-electron chi connectivity index (χ3n) is 5.98. The predicted molar refractivity (Wildman–Crippen MR) is 153 cm³/mol. The molecule has 37 heavy (non-hydrogen) atoms. The Morgan fingerprint density at radius 1 is 1.08 bits per heavy atom. The number of nitrogens with one attached hydrogen (secondary N) is 2. The van der Waals surface area contributed by atoms with E-state index in [1.165, 1.54) is 19.9 Å². The summed E-state index contributed by atoms with van der Waals surface area (Å²) in [6, 6.07) is 6.66. The molecule has 0 aliphatic rings. The highest BCUT2D eigenvalue weighted by Crippen LogP contribution is 2.27. The average molecular weight is 510 g/mol. The normalized spacial score (nSPS) is 11.9. The number of allylic oxidation sites excluding steroid dienone is 3. The Morgan fingerprint density at radius 2 is 1.78 bits per heavy atom. The maximum Gasteiger partial charge on any atom is 0.149 e. The molecule has 0 aromatic carbocycles. The molecule has 2 N–H and O–H groups in total. The van der Waals surface area contributed by atoms with Crippen molar-refractivity contribution in [2.75, 3.05) is 30.3 Å². The average Bonchev–Trinajstić information content (AvgIpc) is 2.84. The largest absolute Gasteiger partial charge is 0.355 e. The first-order valence-corrected chi connectivity index (χ1v) is 12.7. The molecule has 0 bridgehead atoms. The molecule has 2 aromatic heterocycles. The number of hydrogen-bond acceptors (Lipinski definition) is 5. The number of halogens is 2. The third kappa shape index (κ3) is 10.3. The Labute approximate surface area is 221 Å². The Morgan fingerprint density at radius 3 is 2.43 bits per heavy atom. The first-order valence-electron chi connectivity index (χ1n) is 12.7. The van der Waals surface area contributed by atoms with E-state index in [0.29, 0.717) is 41.2 Å². The molecule has 0 amide bonds. The number of nitrogens with zero attached hydrogens (tertiary/aromatic N) is 3. The van der Waals surface area contributed by atoms with Gasteiger partial charge < -0.3 is 15.5 Å². The van der Waals surface area contributed by atoms with Crippen LogP contribution < -0.4 is 10.6 Å². The van der Waals surface area contributed by atoms with E-state index in [2.05, 4.69) is 59.1 Å². The molecule has 5 nitrogen and oxygen atoms in total. The SMILES string of the molecule is C=C(CCN(CC)CC)Nc1cc(N/C(=C/C(=C)c2nc(C)ccc2F)C(=C)CCC(C)(C)F)ccn1. The maximum absolute atomic E-state index is 14.5. The molecular formula is C30H41F2N5. The van der Waals surface area contributed by atoms with Gasteiger partial charge >= 0.3 is 0 Å². The minimum absolute atomic E-state index is 0.166. The lowest BCUT2D eigenvalue weighted by molar-refractivity contribution is 0.202. The Kier molecular flexibility index (Phi) is 11.2. The van der Waals surface area contributed by atoms with Crippen LogP contribution in [-0.4, -0.2) is 40.2 Å². The standard InChI is InChI=1S/C30H41F2N5/c1-9-37(10-2)18-15-24(6)34-28-20-25(14-17-33-28)36-27(21(3)13-16-30(7,8)32)19-22(4)29-26(31)12-11-23(5)35-29/h11-12,14,17,19-20H,3-4,6,9-10,13,15-16,18H2,1-2,5,7-8H3,(H2,33,34,36)/b27-19+. The molecule has 2 aromatic rings. The molecule has 0 radical (unpaired) electrons. The summed E-state index contributed by atoms with van der Waals surface area (Å²) in [4.78, 5) is 11.0. The molecule has 7 heteroatoms. The zero-order valence-electron chi connectivity index (χ0n) is 22.9. The summed E-state index contributed by atoms with van der Waals surface area (Å²) in [7, 11) is 0. The van der Waals surface area contributed by atoms with Gasteiger partial charge in [-0.1, -0.05) is 33.6 Å². The van der Waals surface area contributed by atoms with Gasteiger partial charge in [-0.25, -0.2) is 13.8 Å². The molecule has 0 saturated heterocycles. The lowest BCUT2D eigenvalue weighted by atomic mass is 9.98. The van der Waals surface area contributed by atoms with Crippen molar-refractivity contribution in [1.29, 1.82) is 0 Å². The van der Waals surface area contributed by atoms with Crippen LogP contribution in [0.3, 0.4) is 0 Å². The van der Waals surface area contributed by atoms with E-state index in [0.717, 1.165) is 37.4 Å². The molecule has 0 aliphatic heterocycles. The van der Waals surface area contributed by atoms with Gasteiger partial charge in [0.2, 0.25) is 0 Å². The van der Waals surface area contributed by atoms with Crippen LogP contribution in [0.25, 0.3) is 5.57 Å².